The molecule has 0 spiro atoms. The molecule has 0 aromatic heterocycles. The summed E-state index contributed by atoms with van der Waals surface area (Å²) in [5.41, 5.74) is 1.77. The van der Waals surface area contributed by atoms with E-state index in [4.69, 9.17) is 14.2 Å². The highest BCUT2D eigenvalue weighted by atomic mass is 16.5. The van der Waals surface area contributed by atoms with Crippen LogP contribution in [0.2, 0.25) is 0 Å². The number of aryl methyl sites for hydroxylation is 1. The van der Waals surface area contributed by atoms with Crippen molar-refractivity contribution in [3.8, 4) is 11.5 Å². The third-order valence-corrected chi connectivity index (χ3v) is 3.75. The van der Waals surface area contributed by atoms with E-state index in [2.05, 4.69) is 5.32 Å². The summed E-state index contributed by atoms with van der Waals surface area (Å²) in [4.78, 5) is 24.3. The number of amides is 1. The Bertz CT molecular complexity index is 770. The Kier molecular flexibility index (Phi) is 6.60. The lowest BCUT2D eigenvalue weighted by molar-refractivity contribution is -0.122. The molecule has 0 saturated heterocycles. The molecule has 1 atom stereocenters. The number of methoxy groups -OCH3 is 1. The van der Waals surface area contributed by atoms with Gasteiger partial charge in [0.1, 0.15) is 11.5 Å². The fraction of sp³-hybridized carbons (Fsp3) is 0.300. The Morgan fingerprint density at radius 2 is 1.73 bits per heavy atom. The van der Waals surface area contributed by atoms with Crippen LogP contribution in [0.25, 0.3) is 0 Å². The molecule has 0 saturated carbocycles. The normalized spacial score (nSPS) is 11.4. The second-order valence-corrected chi connectivity index (χ2v) is 5.68. The van der Waals surface area contributed by atoms with Crippen LogP contribution in [0.1, 0.15) is 29.8 Å². The summed E-state index contributed by atoms with van der Waals surface area (Å²) in [6.07, 6.45) is -0.714. The van der Waals surface area contributed by atoms with Crippen molar-refractivity contribution in [1.82, 2.24) is 0 Å². The van der Waals surface area contributed by atoms with Crippen molar-refractivity contribution in [1.29, 1.82) is 0 Å². The molecule has 0 aliphatic heterocycles. The van der Waals surface area contributed by atoms with Gasteiger partial charge in [-0.2, -0.15) is 0 Å². The number of hydrogen-bond acceptors (Lipinski definition) is 5. The molecule has 0 aliphatic rings. The molecule has 0 unspecified atom stereocenters. The number of anilines is 1. The molecule has 0 radical (unpaired) electrons. The van der Waals surface area contributed by atoms with Crippen molar-refractivity contribution >= 4 is 17.6 Å². The van der Waals surface area contributed by atoms with Gasteiger partial charge in [-0.3, -0.25) is 4.79 Å². The summed E-state index contributed by atoms with van der Waals surface area (Å²) in [7, 11) is 1.58. The predicted molar refractivity (Wildman–Crippen MR) is 98.8 cm³/mol. The first kappa shape index (κ1) is 19.3. The van der Waals surface area contributed by atoms with Crippen molar-refractivity contribution < 1.29 is 23.8 Å². The number of rotatable bonds is 7. The average molecular weight is 357 g/mol. The van der Waals surface area contributed by atoms with Crippen molar-refractivity contribution in [2.75, 3.05) is 19.0 Å². The monoisotopic (exact) mass is 357 g/mol. The van der Waals surface area contributed by atoms with Gasteiger partial charge < -0.3 is 19.5 Å². The molecule has 26 heavy (non-hydrogen) atoms. The molecule has 1 N–H and O–H groups in total. The molecular weight excluding hydrogens is 334 g/mol. The molecule has 2 rings (SSSR count). The van der Waals surface area contributed by atoms with E-state index in [1.54, 1.807) is 63.4 Å². The molecule has 6 nitrogen and oxygen atoms in total. The van der Waals surface area contributed by atoms with Gasteiger partial charge in [0.25, 0.3) is 5.91 Å². The number of carbonyl (C=O) groups is 2. The largest absolute Gasteiger partial charge is 0.497 e. The van der Waals surface area contributed by atoms with Crippen molar-refractivity contribution in [3.63, 3.8) is 0 Å². The Balaban J connectivity index is 2.05. The highest BCUT2D eigenvalue weighted by Crippen LogP contribution is 2.20. The quantitative estimate of drug-likeness (QED) is 0.767. The van der Waals surface area contributed by atoms with E-state index < -0.39 is 12.1 Å². The van der Waals surface area contributed by atoms with Crippen molar-refractivity contribution in [3.05, 3.63) is 53.6 Å². The Morgan fingerprint density at radius 3 is 2.35 bits per heavy atom. The zero-order valence-electron chi connectivity index (χ0n) is 15.4. The maximum Gasteiger partial charge on any atom is 0.338 e. The molecule has 2 aromatic carbocycles. The van der Waals surface area contributed by atoms with Crippen LogP contribution in [0.15, 0.2) is 42.5 Å². The molecular formula is C20H23NO5. The zero-order chi connectivity index (χ0) is 19.1. The molecule has 138 valence electrons. The SMILES string of the molecule is CCOC(=O)c1ccc(C)c(NC(=O)[C@@H](C)Oc2ccc(OC)cc2)c1. The minimum Gasteiger partial charge on any atom is -0.497 e. The van der Waals surface area contributed by atoms with Gasteiger partial charge in [-0.15, -0.1) is 0 Å². The van der Waals surface area contributed by atoms with Crippen LogP contribution in [-0.4, -0.2) is 31.7 Å². The van der Waals surface area contributed by atoms with Crippen molar-refractivity contribution in [2.45, 2.75) is 26.9 Å². The maximum atomic E-state index is 12.4. The molecule has 1 amide bonds. The fourth-order valence-electron chi connectivity index (χ4n) is 2.24. The number of ether oxygens (including phenoxy) is 3. The first-order valence-corrected chi connectivity index (χ1v) is 8.34. The van der Waals surface area contributed by atoms with Gasteiger partial charge in [0.2, 0.25) is 0 Å². The molecule has 0 aliphatic carbocycles. The lowest BCUT2D eigenvalue weighted by Crippen LogP contribution is -2.30. The fourth-order valence-corrected chi connectivity index (χ4v) is 2.24. The van der Waals surface area contributed by atoms with Crippen LogP contribution in [0, 0.1) is 6.92 Å². The Morgan fingerprint density at radius 1 is 1.08 bits per heavy atom. The number of esters is 1. The van der Waals surface area contributed by atoms with Gasteiger partial charge in [-0.05, 0) is 62.7 Å². The summed E-state index contributed by atoms with van der Waals surface area (Å²) in [5, 5.41) is 2.79. The van der Waals surface area contributed by atoms with Crippen LogP contribution < -0.4 is 14.8 Å². The Hall–Kier alpha value is -3.02. The first-order valence-electron chi connectivity index (χ1n) is 8.34. The van der Waals surface area contributed by atoms with Gasteiger partial charge in [0.05, 0.1) is 19.3 Å². The number of benzene rings is 2. The molecule has 2 aromatic rings. The number of hydrogen-bond donors (Lipinski definition) is 1. The van der Waals surface area contributed by atoms with Gasteiger partial charge >= 0.3 is 5.97 Å². The summed E-state index contributed by atoms with van der Waals surface area (Å²) in [6, 6.07) is 12.0. The summed E-state index contributed by atoms with van der Waals surface area (Å²) >= 11 is 0. The first-order chi connectivity index (χ1) is 12.4. The van der Waals surface area contributed by atoms with Crippen molar-refractivity contribution in [2.24, 2.45) is 0 Å². The van der Waals surface area contributed by atoms with Crippen LogP contribution in [0.5, 0.6) is 11.5 Å². The summed E-state index contributed by atoms with van der Waals surface area (Å²) in [5.74, 6) is 0.529. The number of nitrogens with one attached hydrogen (secondary N) is 1. The summed E-state index contributed by atoms with van der Waals surface area (Å²) < 4.78 is 15.7. The highest BCUT2D eigenvalue weighted by molar-refractivity contribution is 5.97. The van der Waals surface area contributed by atoms with Crippen LogP contribution in [0.3, 0.4) is 0 Å². The standard InChI is InChI=1S/C20H23NO5/c1-5-25-20(23)15-7-6-13(2)18(12-15)21-19(22)14(3)26-17-10-8-16(24-4)9-11-17/h6-12,14H,5H2,1-4H3,(H,21,22)/t14-/m1/s1. The molecule has 6 heteroatoms. The van der Waals surface area contributed by atoms with E-state index in [1.807, 2.05) is 6.92 Å². The van der Waals surface area contributed by atoms with Gasteiger partial charge in [0.15, 0.2) is 6.10 Å². The predicted octanol–water partition coefficient (Wildman–Crippen LogP) is 3.59. The van der Waals surface area contributed by atoms with E-state index in [0.717, 1.165) is 5.56 Å². The van der Waals surface area contributed by atoms with E-state index in [0.29, 0.717) is 29.4 Å². The smallest absolute Gasteiger partial charge is 0.338 e. The van der Waals surface area contributed by atoms with Crippen LogP contribution in [-0.2, 0) is 9.53 Å². The van der Waals surface area contributed by atoms with Gasteiger partial charge in [0, 0.05) is 5.69 Å². The van der Waals surface area contributed by atoms with E-state index in [-0.39, 0.29) is 5.91 Å². The van der Waals surface area contributed by atoms with E-state index in [9.17, 15) is 9.59 Å². The number of carbonyl (C=O) groups excluding carboxylic acids is 2. The topological polar surface area (TPSA) is 73.9 Å². The van der Waals surface area contributed by atoms with Crippen LogP contribution in [0.4, 0.5) is 5.69 Å². The second kappa shape index (κ2) is 8.89. The third-order valence-electron chi connectivity index (χ3n) is 3.75. The van der Waals surface area contributed by atoms with Gasteiger partial charge in [-0.25, -0.2) is 4.79 Å². The van der Waals surface area contributed by atoms with E-state index >= 15 is 0 Å². The lowest BCUT2D eigenvalue weighted by Gasteiger charge is -2.16. The average Bonchev–Trinajstić information content (AvgIpc) is 2.64. The third kappa shape index (κ3) is 4.99. The minimum atomic E-state index is -0.714. The molecule has 0 bridgehead atoms. The second-order valence-electron chi connectivity index (χ2n) is 5.68. The zero-order valence-corrected chi connectivity index (χ0v) is 15.4. The molecule has 0 fully saturated rings. The van der Waals surface area contributed by atoms with Crippen LogP contribution >= 0.6 is 0 Å². The highest BCUT2D eigenvalue weighted by Gasteiger charge is 2.17. The lowest BCUT2D eigenvalue weighted by atomic mass is 10.1. The molecule has 0 heterocycles. The Labute approximate surface area is 153 Å². The van der Waals surface area contributed by atoms with Gasteiger partial charge in [-0.1, -0.05) is 6.07 Å². The minimum absolute atomic E-state index is 0.293. The maximum absolute atomic E-state index is 12.4. The van der Waals surface area contributed by atoms with E-state index in [1.165, 1.54) is 0 Å². The summed E-state index contributed by atoms with van der Waals surface area (Å²) in [6.45, 7) is 5.54.